The number of ether oxygens (including phenoxy) is 2. The van der Waals surface area contributed by atoms with E-state index in [0.29, 0.717) is 17.4 Å². The Morgan fingerprint density at radius 3 is 2.55 bits per heavy atom. The molecule has 3 aromatic carbocycles. The summed E-state index contributed by atoms with van der Waals surface area (Å²) in [6.45, 7) is 3.89. The number of carbonyl (C=O) groups excluding carboxylic acids is 2. The Morgan fingerprint density at radius 1 is 1.03 bits per heavy atom. The van der Waals surface area contributed by atoms with Gasteiger partial charge in [-0.2, -0.15) is 0 Å². The Kier molecular flexibility index (Phi) is 7.11. The minimum Gasteiger partial charge on any atom is -0.482 e. The monoisotopic (exact) mass is 529 g/mol. The maximum atomic E-state index is 13.9. The number of hydrogen-bond acceptors (Lipinski definition) is 4. The number of aromatic amines is 1. The van der Waals surface area contributed by atoms with E-state index in [-0.39, 0.29) is 12.5 Å². The Morgan fingerprint density at radius 2 is 1.79 bits per heavy atom. The van der Waals surface area contributed by atoms with Crippen molar-refractivity contribution >= 4 is 51.0 Å². The van der Waals surface area contributed by atoms with E-state index in [1.54, 1.807) is 13.0 Å². The molecule has 1 atom stereocenters. The number of aryl methyl sites for hydroxylation is 2. The Hall–Kier alpha value is -4.23. The molecular weight excluding hydrogens is 502 g/mol. The predicted octanol–water partition coefficient (Wildman–Crippen LogP) is 6.33. The molecule has 2 N–H and O–H groups in total. The van der Waals surface area contributed by atoms with Crippen molar-refractivity contribution in [2.24, 2.45) is 7.05 Å². The van der Waals surface area contributed by atoms with E-state index in [1.807, 2.05) is 85.5 Å². The quantitative estimate of drug-likeness (QED) is 0.230. The number of amides is 1. The van der Waals surface area contributed by atoms with Gasteiger partial charge in [0.05, 0.1) is 18.0 Å². The SMILES string of the molecule is CCOC(=O)COc1ccc2c(C(C(=O)Nc3ccc(C)cc3)c3c[nH]c4cc(Cl)ccc34)cn(C)c2c1. The molecule has 8 heteroatoms. The van der Waals surface area contributed by atoms with Crippen LogP contribution < -0.4 is 10.1 Å². The molecular formula is C30H28ClN3O4. The van der Waals surface area contributed by atoms with Crippen molar-refractivity contribution in [3.8, 4) is 5.75 Å². The molecule has 2 aromatic heterocycles. The predicted molar refractivity (Wildman–Crippen MR) is 150 cm³/mol. The molecule has 0 aliphatic carbocycles. The highest BCUT2D eigenvalue weighted by Gasteiger charge is 2.29. The second-order valence-corrected chi connectivity index (χ2v) is 9.63. The van der Waals surface area contributed by atoms with E-state index in [1.165, 1.54) is 0 Å². The van der Waals surface area contributed by atoms with Gasteiger partial charge in [-0.15, -0.1) is 0 Å². The molecule has 1 unspecified atom stereocenters. The van der Waals surface area contributed by atoms with Crippen molar-refractivity contribution in [2.75, 3.05) is 18.5 Å². The molecule has 0 saturated heterocycles. The van der Waals surface area contributed by atoms with Gasteiger partial charge in [-0.25, -0.2) is 4.79 Å². The van der Waals surface area contributed by atoms with Crippen LogP contribution >= 0.6 is 11.6 Å². The van der Waals surface area contributed by atoms with Gasteiger partial charge in [0.1, 0.15) is 5.75 Å². The summed E-state index contributed by atoms with van der Waals surface area (Å²) in [5, 5.41) is 5.54. The Bertz CT molecular complexity index is 1640. The van der Waals surface area contributed by atoms with Crippen LogP contribution in [0.3, 0.4) is 0 Å². The van der Waals surface area contributed by atoms with E-state index < -0.39 is 11.9 Å². The number of anilines is 1. The normalized spacial score (nSPS) is 12.0. The summed E-state index contributed by atoms with van der Waals surface area (Å²) in [6.07, 6.45) is 3.84. The lowest BCUT2D eigenvalue weighted by molar-refractivity contribution is -0.145. The van der Waals surface area contributed by atoms with Crippen LogP contribution in [0.15, 0.2) is 73.1 Å². The first-order valence-electron chi connectivity index (χ1n) is 12.4. The fraction of sp³-hybridized carbons (Fsp3) is 0.200. The standard InChI is InChI=1S/C30H28ClN3O4/c1-4-37-28(35)17-38-21-10-12-23-25(16-34(3)27(23)14-21)29(30(36)33-20-8-5-18(2)6-9-20)24-15-32-26-13-19(31)7-11-22(24)26/h5-16,29,32H,4,17H2,1-3H3,(H,33,36). The summed E-state index contributed by atoms with van der Waals surface area (Å²) in [5.74, 6) is -0.644. The van der Waals surface area contributed by atoms with E-state index in [2.05, 4.69) is 10.3 Å². The van der Waals surface area contributed by atoms with E-state index in [9.17, 15) is 9.59 Å². The zero-order valence-corrected chi connectivity index (χ0v) is 22.1. The molecule has 194 valence electrons. The average molecular weight is 530 g/mol. The largest absolute Gasteiger partial charge is 0.482 e. The molecule has 2 heterocycles. The number of benzene rings is 3. The lowest BCUT2D eigenvalue weighted by Crippen LogP contribution is -2.22. The number of nitrogens with zero attached hydrogens (tertiary/aromatic N) is 1. The van der Waals surface area contributed by atoms with Gasteiger partial charge in [0.25, 0.3) is 0 Å². The van der Waals surface area contributed by atoms with Crippen LogP contribution in [-0.4, -0.2) is 34.6 Å². The minimum atomic E-state index is -0.610. The summed E-state index contributed by atoms with van der Waals surface area (Å²) in [4.78, 5) is 28.9. The Labute approximate surface area is 225 Å². The molecule has 0 aliphatic rings. The smallest absolute Gasteiger partial charge is 0.344 e. The van der Waals surface area contributed by atoms with Crippen molar-refractivity contribution in [2.45, 2.75) is 19.8 Å². The van der Waals surface area contributed by atoms with Crippen molar-refractivity contribution < 1.29 is 19.1 Å². The summed E-state index contributed by atoms with van der Waals surface area (Å²) in [5.41, 5.74) is 5.26. The molecule has 0 fully saturated rings. The van der Waals surface area contributed by atoms with Gasteiger partial charge >= 0.3 is 5.97 Å². The van der Waals surface area contributed by atoms with Crippen molar-refractivity contribution in [1.29, 1.82) is 0 Å². The van der Waals surface area contributed by atoms with E-state index in [0.717, 1.165) is 44.2 Å². The molecule has 0 aliphatic heterocycles. The van der Waals surface area contributed by atoms with Gasteiger partial charge in [0.15, 0.2) is 6.61 Å². The van der Waals surface area contributed by atoms with Gasteiger partial charge in [0.2, 0.25) is 5.91 Å². The van der Waals surface area contributed by atoms with Crippen LogP contribution in [0.5, 0.6) is 5.75 Å². The molecule has 0 bridgehead atoms. The highest BCUT2D eigenvalue weighted by Crippen LogP contribution is 2.38. The molecule has 5 rings (SSSR count). The van der Waals surface area contributed by atoms with Gasteiger partial charge in [0, 0.05) is 52.5 Å². The van der Waals surface area contributed by atoms with E-state index in [4.69, 9.17) is 21.1 Å². The molecule has 0 spiro atoms. The summed E-state index contributed by atoms with van der Waals surface area (Å²) in [6, 6.07) is 18.9. The van der Waals surface area contributed by atoms with Crippen molar-refractivity contribution in [3.05, 3.63) is 94.8 Å². The lowest BCUT2D eigenvalue weighted by atomic mass is 9.89. The van der Waals surface area contributed by atoms with Gasteiger partial charge in [-0.3, -0.25) is 4.79 Å². The highest BCUT2D eigenvalue weighted by molar-refractivity contribution is 6.31. The van der Waals surface area contributed by atoms with Crippen LogP contribution in [0.1, 0.15) is 29.5 Å². The van der Waals surface area contributed by atoms with Gasteiger partial charge < -0.3 is 24.3 Å². The van der Waals surface area contributed by atoms with Crippen LogP contribution in [0.2, 0.25) is 5.02 Å². The summed E-state index contributed by atoms with van der Waals surface area (Å²) >= 11 is 6.22. The number of fused-ring (bicyclic) bond motifs is 2. The third kappa shape index (κ3) is 5.10. The first kappa shape index (κ1) is 25.4. The lowest BCUT2D eigenvalue weighted by Gasteiger charge is -2.17. The molecule has 7 nitrogen and oxygen atoms in total. The number of carbonyl (C=O) groups is 2. The van der Waals surface area contributed by atoms with Gasteiger partial charge in [-0.1, -0.05) is 35.4 Å². The highest BCUT2D eigenvalue weighted by atomic mass is 35.5. The number of nitrogens with one attached hydrogen (secondary N) is 2. The molecule has 38 heavy (non-hydrogen) atoms. The fourth-order valence-electron chi connectivity index (χ4n) is 4.72. The summed E-state index contributed by atoms with van der Waals surface area (Å²) < 4.78 is 12.6. The van der Waals surface area contributed by atoms with Crippen LogP contribution in [-0.2, 0) is 21.4 Å². The zero-order valence-electron chi connectivity index (χ0n) is 21.4. The average Bonchev–Trinajstić information content (AvgIpc) is 3.45. The number of H-pyrrole nitrogens is 1. The topological polar surface area (TPSA) is 85.3 Å². The third-order valence-corrected chi connectivity index (χ3v) is 6.77. The fourth-order valence-corrected chi connectivity index (χ4v) is 4.89. The number of hydrogen-bond donors (Lipinski definition) is 2. The van der Waals surface area contributed by atoms with E-state index >= 15 is 0 Å². The number of rotatable bonds is 8. The molecule has 0 saturated carbocycles. The van der Waals surface area contributed by atoms with Crippen LogP contribution in [0.4, 0.5) is 5.69 Å². The number of esters is 1. The summed E-state index contributed by atoms with van der Waals surface area (Å²) in [7, 11) is 1.92. The van der Waals surface area contributed by atoms with Crippen LogP contribution in [0.25, 0.3) is 21.8 Å². The van der Waals surface area contributed by atoms with Crippen LogP contribution in [0, 0.1) is 6.92 Å². The second kappa shape index (κ2) is 10.6. The molecule has 1 amide bonds. The first-order chi connectivity index (χ1) is 18.3. The van der Waals surface area contributed by atoms with Crippen molar-refractivity contribution in [3.63, 3.8) is 0 Å². The number of halogens is 1. The number of aromatic nitrogens is 2. The second-order valence-electron chi connectivity index (χ2n) is 9.19. The molecule has 0 radical (unpaired) electrons. The molecule has 5 aromatic rings. The van der Waals surface area contributed by atoms with Gasteiger partial charge in [-0.05, 0) is 61.4 Å². The zero-order chi connectivity index (χ0) is 26.8. The third-order valence-electron chi connectivity index (χ3n) is 6.53. The maximum absolute atomic E-state index is 13.9. The first-order valence-corrected chi connectivity index (χ1v) is 12.7. The van der Waals surface area contributed by atoms with Crippen molar-refractivity contribution in [1.82, 2.24) is 9.55 Å². The Balaban J connectivity index is 1.57. The maximum Gasteiger partial charge on any atom is 0.344 e. The minimum absolute atomic E-state index is 0.153.